The molecule has 100 valence electrons. The molecule has 0 spiro atoms. The van der Waals surface area contributed by atoms with Gasteiger partial charge in [0, 0.05) is 19.1 Å². The number of aliphatic carboxylic acids is 1. The van der Waals surface area contributed by atoms with Crippen LogP contribution in [0.15, 0.2) is 0 Å². The van der Waals surface area contributed by atoms with Crippen LogP contribution in [0.5, 0.6) is 0 Å². The number of carboxylic acid groups (broad SMARTS) is 1. The van der Waals surface area contributed by atoms with Gasteiger partial charge in [0.25, 0.3) is 10.2 Å². The lowest BCUT2D eigenvalue weighted by atomic mass is 9.99. The van der Waals surface area contributed by atoms with Crippen LogP contribution in [0.1, 0.15) is 19.8 Å². The fourth-order valence-electron chi connectivity index (χ4n) is 1.71. The molecule has 17 heavy (non-hydrogen) atoms. The summed E-state index contributed by atoms with van der Waals surface area (Å²) in [5.74, 6) is -1.34. The first-order chi connectivity index (χ1) is 7.86. The van der Waals surface area contributed by atoms with Crippen LogP contribution >= 0.6 is 0 Å². The molecule has 0 aromatic rings. The highest BCUT2D eigenvalue weighted by molar-refractivity contribution is 7.87. The maximum Gasteiger partial charge on any atom is 0.306 e. The Morgan fingerprint density at radius 1 is 1.47 bits per heavy atom. The Hall–Kier alpha value is -0.700. The smallest absolute Gasteiger partial charge is 0.306 e. The molecular formula is C9H18N2O5S. The average molecular weight is 266 g/mol. The van der Waals surface area contributed by atoms with Crippen molar-refractivity contribution >= 4 is 16.2 Å². The number of piperidine rings is 1. The van der Waals surface area contributed by atoms with Crippen molar-refractivity contribution in [2.45, 2.75) is 25.8 Å². The minimum atomic E-state index is -3.61. The summed E-state index contributed by atoms with van der Waals surface area (Å²) in [6.45, 7) is 1.68. The minimum Gasteiger partial charge on any atom is -0.481 e. The van der Waals surface area contributed by atoms with E-state index in [0.29, 0.717) is 12.8 Å². The molecule has 1 aliphatic rings. The van der Waals surface area contributed by atoms with Gasteiger partial charge in [0.2, 0.25) is 0 Å². The third-order valence-electron chi connectivity index (χ3n) is 2.77. The van der Waals surface area contributed by atoms with E-state index < -0.39 is 28.1 Å². The van der Waals surface area contributed by atoms with Crippen LogP contribution in [-0.2, 0) is 15.0 Å². The molecule has 3 N–H and O–H groups in total. The second kappa shape index (κ2) is 5.76. The van der Waals surface area contributed by atoms with Crippen LogP contribution < -0.4 is 4.72 Å². The van der Waals surface area contributed by atoms with E-state index in [1.54, 1.807) is 6.92 Å². The van der Waals surface area contributed by atoms with Gasteiger partial charge in [-0.1, -0.05) is 0 Å². The lowest BCUT2D eigenvalue weighted by molar-refractivity contribution is -0.142. The number of rotatable bonds is 5. The van der Waals surface area contributed by atoms with E-state index in [4.69, 9.17) is 10.2 Å². The van der Waals surface area contributed by atoms with Gasteiger partial charge in [0.1, 0.15) is 0 Å². The Labute approximate surface area is 101 Å². The zero-order chi connectivity index (χ0) is 13.1. The molecule has 0 amide bonds. The molecule has 0 aromatic carbocycles. The Kier molecular flexibility index (Phi) is 4.87. The molecular weight excluding hydrogens is 248 g/mol. The van der Waals surface area contributed by atoms with Crippen molar-refractivity contribution in [3.05, 3.63) is 0 Å². The molecule has 1 heterocycles. The van der Waals surface area contributed by atoms with Crippen LogP contribution in [0.4, 0.5) is 0 Å². The van der Waals surface area contributed by atoms with Gasteiger partial charge in [-0.05, 0) is 19.8 Å². The van der Waals surface area contributed by atoms with E-state index >= 15 is 0 Å². The van der Waals surface area contributed by atoms with Gasteiger partial charge < -0.3 is 10.2 Å². The second-order valence-electron chi connectivity index (χ2n) is 4.22. The Balaban J connectivity index is 2.56. The molecule has 1 fully saturated rings. The first kappa shape index (κ1) is 14.4. The zero-order valence-electron chi connectivity index (χ0n) is 9.66. The minimum absolute atomic E-state index is 0.199. The molecule has 0 unspecified atom stereocenters. The molecule has 0 aliphatic carbocycles. The summed E-state index contributed by atoms with van der Waals surface area (Å²) in [4.78, 5) is 10.7. The quantitative estimate of drug-likeness (QED) is 0.591. The first-order valence-electron chi connectivity index (χ1n) is 5.48. The number of hydrogen-bond donors (Lipinski definition) is 3. The number of aliphatic hydroxyl groups is 1. The van der Waals surface area contributed by atoms with Crippen molar-refractivity contribution in [2.75, 3.05) is 19.7 Å². The average Bonchev–Trinajstić information content (AvgIpc) is 2.28. The van der Waals surface area contributed by atoms with Crippen molar-refractivity contribution in [1.82, 2.24) is 9.03 Å². The fourth-order valence-corrected chi connectivity index (χ4v) is 3.13. The molecule has 0 aromatic heterocycles. The largest absolute Gasteiger partial charge is 0.481 e. The van der Waals surface area contributed by atoms with Crippen molar-refractivity contribution < 1.29 is 23.4 Å². The molecule has 1 atom stereocenters. The molecule has 0 radical (unpaired) electrons. The number of carboxylic acids is 1. The molecule has 0 bridgehead atoms. The summed E-state index contributed by atoms with van der Waals surface area (Å²) in [6, 6.07) is -0.544. The van der Waals surface area contributed by atoms with Crippen LogP contribution in [-0.4, -0.2) is 54.6 Å². The van der Waals surface area contributed by atoms with E-state index in [2.05, 4.69) is 4.72 Å². The van der Waals surface area contributed by atoms with Gasteiger partial charge in [0.15, 0.2) is 0 Å². The van der Waals surface area contributed by atoms with Gasteiger partial charge in [0.05, 0.1) is 12.5 Å². The summed E-state index contributed by atoms with van der Waals surface area (Å²) in [5.41, 5.74) is 0. The predicted molar refractivity (Wildman–Crippen MR) is 60.5 cm³/mol. The lowest BCUT2D eigenvalue weighted by Crippen LogP contribution is -2.49. The van der Waals surface area contributed by atoms with Crippen LogP contribution in [0, 0.1) is 5.92 Å². The molecule has 7 nitrogen and oxygen atoms in total. The topological polar surface area (TPSA) is 107 Å². The van der Waals surface area contributed by atoms with E-state index in [9.17, 15) is 13.2 Å². The Bertz CT molecular complexity index is 362. The highest BCUT2D eigenvalue weighted by Gasteiger charge is 2.31. The van der Waals surface area contributed by atoms with Gasteiger partial charge >= 0.3 is 5.97 Å². The van der Waals surface area contributed by atoms with Gasteiger partial charge in [-0.2, -0.15) is 17.4 Å². The van der Waals surface area contributed by atoms with E-state index in [1.807, 2.05) is 0 Å². The van der Waals surface area contributed by atoms with Crippen molar-refractivity contribution in [3.63, 3.8) is 0 Å². The Morgan fingerprint density at radius 2 is 2.00 bits per heavy atom. The van der Waals surface area contributed by atoms with E-state index in [-0.39, 0.29) is 19.7 Å². The normalized spacial score (nSPS) is 21.3. The Morgan fingerprint density at radius 3 is 2.41 bits per heavy atom. The zero-order valence-corrected chi connectivity index (χ0v) is 10.5. The highest BCUT2D eigenvalue weighted by Crippen LogP contribution is 2.19. The fraction of sp³-hybridized carbons (Fsp3) is 0.889. The first-order valence-corrected chi connectivity index (χ1v) is 6.92. The summed E-state index contributed by atoms with van der Waals surface area (Å²) >= 11 is 0. The van der Waals surface area contributed by atoms with E-state index in [1.165, 1.54) is 4.31 Å². The SMILES string of the molecule is C[C@H](CO)NS(=O)(=O)N1CCC(C(=O)O)CC1. The molecule has 1 saturated heterocycles. The third kappa shape index (κ3) is 3.91. The maximum absolute atomic E-state index is 11.8. The standard InChI is InChI=1S/C9H18N2O5S/c1-7(6-12)10-17(15,16)11-4-2-8(3-5-11)9(13)14/h7-8,10,12H,2-6H2,1H3,(H,13,14)/t7-/m1/s1. The summed E-state index contributed by atoms with van der Waals surface area (Å²) in [6.07, 6.45) is 0.646. The van der Waals surface area contributed by atoms with Gasteiger partial charge in [-0.3, -0.25) is 4.79 Å². The van der Waals surface area contributed by atoms with Gasteiger partial charge in [-0.15, -0.1) is 0 Å². The summed E-state index contributed by atoms with van der Waals surface area (Å²) < 4.78 is 27.1. The molecule has 8 heteroatoms. The number of aliphatic hydroxyl groups excluding tert-OH is 1. The molecule has 1 aliphatic heterocycles. The van der Waals surface area contributed by atoms with Crippen molar-refractivity contribution in [2.24, 2.45) is 5.92 Å². The number of nitrogens with one attached hydrogen (secondary N) is 1. The third-order valence-corrected chi connectivity index (χ3v) is 4.51. The van der Waals surface area contributed by atoms with Crippen LogP contribution in [0.25, 0.3) is 0 Å². The van der Waals surface area contributed by atoms with E-state index in [0.717, 1.165) is 0 Å². The maximum atomic E-state index is 11.8. The van der Waals surface area contributed by atoms with Crippen LogP contribution in [0.2, 0.25) is 0 Å². The highest BCUT2D eigenvalue weighted by atomic mass is 32.2. The monoisotopic (exact) mass is 266 g/mol. The number of hydrogen-bond acceptors (Lipinski definition) is 4. The number of nitrogens with zero attached hydrogens (tertiary/aromatic N) is 1. The second-order valence-corrected chi connectivity index (χ2v) is 5.92. The van der Waals surface area contributed by atoms with Crippen molar-refractivity contribution in [3.8, 4) is 0 Å². The van der Waals surface area contributed by atoms with Gasteiger partial charge in [-0.25, -0.2) is 0 Å². The van der Waals surface area contributed by atoms with Crippen LogP contribution in [0.3, 0.4) is 0 Å². The molecule has 0 saturated carbocycles. The number of carbonyl (C=O) groups is 1. The predicted octanol–water partition coefficient (Wildman–Crippen LogP) is -1.00. The van der Waals surface area contributed by atoms with Crippen molar-refractivity contribution in [1.29, 1.82) is 0 Å². The summed E-state index contributed by atoms with van der Waals surface area (Å²) in [7, 11) is -3.61. The molecule has 1 rings (SSSR count). The summed E-state index contributed by atoms with van der Waals surface area (Å²) in [5, 5.41) is 17.6. The lowest BCUT2D eigenvalue weighted by Gasteiger charge is -2.30.